The summed E-state index contributed by atoms with van der Waals surface area (Å²) >= 11 is 0. The zero-order valence-electron chi connectivity index (χ0n) is 29.1. The number of amides is 3. The molecule has 0 unspecified atom stereocenters. The number of anilines is 4. The molecule has 0 radical (unpaired) electrons. The lowest BCUT2D eigenvalue weighted by Crippen LogP contribution is -2.26. The number of hydrogen-bond acceptors (Lipinski definition) is 9. The maximum Gasteiger partial charge on any atom is 0.324 e. The van der Waals surface area contributed by atoms with Crippen molar-refractivity contribution in [1.29, 1.82) is 0 Å². The summed E-state index contributed by atoms with van der Waals surface area (Å²) < 4.78 is 13.5. The average molecular weight is 701 g/mol. The van der Waals surface area contributed by atoms with Crippen molar-refractivity contribution >= 4 is 45.9 Å². The molecular weight excluding hydrogens is 660 g/mol. The molecule has 5 N–H and O–H groups in total. The third-order valence-corrected chi connectivity index (χ3v) is 8.15. The molecule has 0 aliphatic heterocycles. The van der Waals surface area contributed by atoms with E-state index in [1.54, 1.807) is 47.3 Å². The number of methoxy groups -OCH3 is 1. The normalized spacial score (nSPS) is 10.8. The van der Waals surface area contributed by atoms with Gasteiger partial charge in [0.05, 0.1) is 36.5 Å². The van der Waals surface area contributed by atoms with Crippen LogP contribution >= 0.6 is 0 Å². The number of rotatable bonds is 14. The Morgan fingerprint density at radius 3 is 2.44 bits per heavy atom. The molecule has 0 aliphatic rings. The maximum atomic E-state index is 13.4. The number of carbonyl (C=O) groups excluding carboxylic acids is 2. The Labute approximate surface area is 301 Å². The van der Waals surface area contributed by atoms with E-state index in [-0.39, 0.29) is 30.9 Å². The topological polar surface area (TPSA) is 165 Å². The first-order valence-electron chi connectivity index (χ1n) is 17.0. The second kappa shape index (κ2) is 16.5. The molecule has 2 heterocycles. The Bertz CT molecular complexity index is 2180. The number of aliphatic hydroxyl groups is 1. The van der Waals surface area contributed by atoms with E-state index < -0.39 is 6.03 Å². The number of aromatic nitrogens is 4. The van der Waals surface area contributed by atoms with Crippen LogP contribution in [0.15, 0.2) is 97.2 Å². The summed E-state index contributed by atoms with van der Waals surface area (Å²) in [4.78, 5) is 34.8. The van der Waals surface area contributed by atoms with Crippen LogP contribution in [0.25, 0.3) is 16.5 Å². The van der Waals surface area contributed by atoms with Crippen molar-refractivity contribution in [2.45, 2.75) is 33.1 Å². The molecule has 2 aromatic heterocycles. The van der Waals surface area contributed by atoms with Crippen molar-refractivity contribution < 1.29 is 24.2 Å². The molecule has 13 nitrogen and oxygen atoms in total. The van der Waals surface area contributed by atoms with E-state index in [1.807, 2.05) is 61.5 Å². The van der Waals surface area contributed by atoms with Crippen molar-refractivity contribution in [3.63, 3.8) is 0 Å². The molecule has 52 heavy (non-hydrogen) atoms. The standard InChI is InChI=1S/C39H40N8O5/c1-4-5-8-27-24-35(47(46-27)28-14-11-25(2)12-15-28)44-39(50)43-31-16-18-33(30-10-7-6-9-29(30)31)52-36-19-20-41-38(45-36)42-32-23-26(13-17-34(32)51-3)37(49)40-21-22-48/h6-7,9-20,23-24,48H,4-5,8,21-22H2,1-3H3,(H,40,49)(H,41,42,45)(H2,43,44,50). The largest absolute Gasteiger partial charge is 0.495 e. The number of carbonyl (C=O) groups is 2. The molecule has 13 heteroatoms. The molecule has 0 saturated carbocycles. The summed E-state index contributed by atoms with van der Waals surface area (Å²) in [5.74, 6) is 1.70. The fourth-order valence-electron chi connectivity index (χ4n) is 5.53. The van der Waals surface area contributed by atoms with Gasteiger partial charge in [0.1, 0.15) is 17.3 Å². The van der Waals surface area contributed by atoms with Gasteiger partial charge in [0, 0.05) is 41.2 Å². The molecule has 0 atom stereocenters. The average Bonchev–Trinajstić information content (AvgIpc) is 3.56. The van der Waals surface area contributed by atoms with Crippen LogP contribution in [0.3, 0.4) is 0 Å². The van der Waals surface area contributed by atoms with Gasteiger partial charge in [0.25, 0.3) is 5.91 Å². The number of aliphatic hydroxyl groups excluding tert-OH is 1. The highest BCUT2D eigenvalue weighted by molar-refractivity contribution is 6.07. The first-order chi connectivity index (χ1) is 25.3. The van der Waals surface area contributed by atoms with Crippen LogP contribution < -0.4 is 30.7 Å². The number of unbranched alkanes of at least 4 members (excludes halogenated alkanes) is 1. The van der Waals surface area contributed by atoms with Crippen molar-refractivity contribution in [3.8, 4) is 23.1 Å². The third-order valence-electron chi connectivity index (χ3n) is 8.15. The Hall–Kier alpha value is -6.47. The Morgan fingerprint density at radius 2 is 1.67 bits per heavy atom. The van der Waals surface area contributed by atoms with Crippen LogP contribution in [0, 0.1) is 6.92 Å². The predicted molar refractivity (Wildman–Crippen MR) is 201 cm³/mol. The third kappa shape index (κ3) is 8.45. The first-order valence-corrected chi connectivity index (χ1v) is 17.0. The minimum Gasteiger partial charge on any atom is -0.495 e. The predicted octanol–water partition coefficient (Wildman–Crippen LogP) is 7.38. The summed E-state index contributed by atoms with van der Waals surface area (Å²) in [6.07, 6.45) is 4.40. The fraction of sp³-hybridized carbons (Fsp3) is 0.205. The highest BCUT2D eigenvalue weighted by atomic mass is 16.5. The van der Waals surface area contributed by atoms with Gasteiger partial charge in [-0.15, -0.1) is 0 Å². The van der Waals surface area contributed by atoms with Gasteiger partial charge in [-0.25, -0.2) is 14.5 Å². The van der Waals surface area contributed by atoms with E-state index >= 15 is 0 Å². The summed E-state index contributed by atoms with van der Waals surface area (Å²) in [5, 5.41) is 27.1. The van der Waals surface area contributed by atoms with Gasteiger partial charge < -0.3 is 30.5 Å². The van der Waals surface area contributed by atoms with E-state index in [4.69, 9.17) is 19.7 Å². The van der Waals surface area contributed by atoms with E-state index in [9.17, 15) is 9.59 Å². The molecule has 0 bridgehead atoms. The van der Waals surface area contributed by atoms with Gasteiger partial charge in [-0.2, -0.15) is 10.1 Å². The van der Waals surface area contributed by atoms with Crippen LogP contribution in [0.2, 0.25) is 0 Å². The zero-order chi connectivity index (χ0) is 36.5. The lowest BCUT2D eigenvalue weighted by Gasteiger charge is -2.15. The minimum absolute atomic E-state index is 0.135. The lowest BCUT2D eigenvalue weighted by atomic mass is 10.1. The smallest absolute Gasteiger partial charge is 0.324 e. The molecule has 0 aliphatic carbocycles. The Morgan fingerprint density at radius 1 is 0.885 bits per heavy atom. The molecule has 0 fully saturated rings. The highest BCUT2D eigenvalue weighted by Gasteiger charge is 2.16. The molecular formula is C39H40N8O5. The number of nitrogens with one attached hydrogen (secondary N) is 4. The molecule has 4 aromatic carbocycles. The monoisotopic (exact) mass is 700 g/mol. The van der Waals surface area contributed by atoms with Gasteiger partial charge in [-0.1, -0.05) is 55.3 Å². The quantitative estimate of drug-likeness (QED) is 0.0780. The molecule has 3 amide bonds. The molecule has 266 valence electrons. The number of ether oxygens (including phenoxy) is 2. The van der Waals surface area contributed by atoms with Gasteiger partial charge in [-0.3, -0.25) is 10.1 Å². The van der Waals surface area contributed by atoms with Gasteiger partial charge in [-0.05, 0) is 62.2 Å². The summed E-state index contributed by atoms with van der Waals surface area (Å²) in [6.45, 7) is 4.13. The summed E-state index contributed by atoms with van der Waals surface area (Å²) in [7, 11) is 1.52. The van der Waals surface area contributed by atoms with Gasteiger partial charge in [0.2, 0.25) is 11.8 Å². The molecule has 0 saturated heterocycles. The van der Waals surface area contributed by atoms with E-state index in [2.05, 4.69) is 38.2 Å². The van der Waals surface area contributed by atoms with Crippen molar-refractivity contribution in [2.24, 2.45) is 0 Å². The zero-order valence-corrected chi connectivity index (χ0v) is 29.1. The van der Waals surface area contributed by atoms with Crippen LogP contribution in [0.5, 0.6) is 17.4 Å². The maximum absolute atomic E-state index is 13.4. The highest BCUT2D eigenvalue weighted by Crippen LogP contribution is 2.35. The SMILES string of the molecule is CCCCc1cc(NC(=O)Nc2ccc(Oc3ccnc(Nc4cc(C(=O)NCCO)ccc4OC)n3)c3ccccc23)n(-c2ccc(C)cc2)n1. The summed E-state index contributed by atoms with van der Waals surface area (Å²) in [6, 6.07) is 27.1. The Kier molecular flexibility index (Phi) is 11.2. The van der Waals surface area contributed by atoms with E-state index in [0.29, 0.717) is 34.3 Å². The van der Waals surface area contributed by atoms with Crippen molar-refractivity contribution in [1.82, 2.24) is 25.1 Å². The second-order valence-electron chi connectivity index (χ2n) is 11.9. The van der Waals surface area contributed by atoms with Gasteiger partial charge >= 0.3 is 6.03 Å². The lowest BCUT2D eigenvalue weighted by molar-refractivity contribution is 0.0944. The van der Waals surface area contributed by atoms with Crippen LogP contribution in [0.1, 0.15) is 41.4 Å². The van der Waals surface area contributed by atoms with Crippen LogP contribution in [-0.4, -0.2) is 57.1 Å². The number of fused-ring (bicyclic) bond motifs is 1. The van der Waals surface area contributed by atoms with E-state index in [1.165, 1.54) is 7.11 Å². The molecule has 6 aromatic rings. The van der Waals surface area contributed by atoms with Crippen LogP contribution in [0.4, 0.5) is 27.9 Å². The summed E-state index contributed by atoms with van der Waals surface area (Å²) in [5.41, 5.74) is 4.32. The molecule has 6 rings (SSSR count). The van der Waals surface area contributed by atoms with Crippen molar-refractivity contribution in [3.05, 3.63) is 114 Å². The second-order valence-corrected chi connectivity index (χ2v) is 11.9. The minimum atomic E-state index is -0.411. The first kappa shape index (κ1) is 35.4. The van der Waals surface area contributed by atoms with Crippen molar-refractivity contribution in [2.75, 3.05) is 36.2 Å². The number of urea groups is 1. The number of aryl methyl sites for hydroxylation is 2. The number of nitrogens with zero attached hydrogens (tertiary/aromatic N) is 4. The number of benzene rings is 4. The van der Waals surface area contributed by atoms with Crippen LogP contribution in [-0.2, 0) is 6.42 Å². The molecule has 0 spiro atoms. The Balaban J connectivity index is 1.20. The van der Waals surface area contributed by atoms with Gasteiger partial charge in [0.15, 0.2) is 0 Å². The van der Waals surface area contributed by atoms with E-state index in [0.717, 1.165) is 47.0 Å². The number of hydrogen-bond donors (Lipinski definition) is 5. The fourth-order valence-corrected chi connectivity index (χ4v) is 5.53.